The number of nitrogens with one attached hydrogen (secondary N) is 2. The van der Waals surface area contributed by atoms with Crippen LogP contribution in [-0.2, 0) is 0 Å². The molecule has 1 saturated heterocycles. The summed E-state index contributed by atoms with van der Waals surface area (Å²) in [5.41, 5.74) is 0. The molecule has 1 aliphatic carbocycles. The minimum absolute atomic E-state index is 0. The van der Waals surface area contributed by atoms with Gasteiger partial charge in [-0.3, -0.25) is 0 Å². The summed E-state index contributed by atoms with van der Waals surface area (Å²) < 4.78 is 0. The molecular weight excluding hydrogens is 200 g/mol. The predicted octanol–water partition coefficient (Wildman–Crippen LogP) is 0.528. The predicted molar refractivity (Wildman–Crippen MR) is 56.5 cm³/mol. The number of anilines is 1. The second-order valence-electron chi connectivity index (χ2n) is 3.73. The second-order valence-corrected chi connectivity index (χ2v) is 3.73. The number of halogens is 1. The molecule has 2 fully saturated rings. The zero-order valence-corrected chi connectivity index (χ0v) is 8.50. The fourth-order valence-electron chi connectivity index (χ4n) is 2.16. The Morgan fingerprint density at radius 2 is 1.86 bits per heavy atom. The highest BCUT2D eigenvalue weighted by atomic mass is 35.5. The zero-order valence-electron chi connectivity index (χ0n) is 7.68. The first-order chi connectivity index (χ1) is 6.45. The van der Waals surface area contributed by atoms with Gasteiger partial charge in [-0.15, -0.1) is 12.4 Å². The maximum Gasteiger partial charge on any atom is 0.222 e. The van der Waals surface area contributed by atoms with Gasteiger partial charge in [-0.25, -0.2) is 9.97 Å². The van der Waals surface area contributed by atoms with E-state index in [2.05, 4.69) is 20.6 Å². The van der Waals surface area contributed by atoms with E-state index < -0.39 is 0 Å². The van der Waals surface area contributed by atoms with Gasteiger partial charge in [0.05, 0.1) is 0 Å². The van der Waals surface area contributed by atoms with Crippen LogP contribution in [0.5, 0.6) is 0 Å². The van der Waals surface area contributed by atoms with Gasteiger partial charge in [-0.2, -0.15) is 0 Å². The van der Waals surface area contributed by atoms with Crippen LogP contribution in [0, 0.1) is 11.8 Å². The lowest BCUT2D eigenvalue weighted by molar-refractivity contribution is 0.693. The van der Waals surface area contributed by atoms with Crippen molar-refractivity contribution in [2.75, 3.05) is 18.4 Å². The molecule has 2 aliphatic rings. The summed E-state index contributed by atoms with van der Waals surface area (Å²) in [5.74, 6) is 2.38. The number of piperidine rings is 1. The van der Waals surface area contributed by atoms with E-state index in [1.807, 2.05) is 6.07 Å². The van der Waals surface area contributed by atoms with Crippen LogP contribution in [0.4, 0.5) is 5.95 Å². The van der Waals surface area contributed by atoms with E-state index in [0.29, 0.717) is 6.04 Å². The molecule has 0 bridgehead atoms. The Hall–Kier alpha value is -0.870. The highest BCUT2D eigenvalue weighted by molar-refractivity contribution is 5.85. The van der Waals surface area contributed by atoms with Gasteiger partial charge in [0.1, 0.15) is 0 Å². The molecule has 1 saturated carbocycles. The van der Waals surface area contributed by atoms with Crippen molar-refractivity contribution in [1.29, 1.82) is 0 Å². The standard InChI is InChI=1S/C9H12N4.ClH/c1-2-11-9(12-3-1)13-8-6-4-10-5-7(6)8;/h1-3,6-8,10H,4-5H2,(H,11,12,13);1H/t6-,7+,8?;. The topological polar surface area (TPSA) is 49.8 Å². The molecule has 4 nitrogen and oxygen atoms in total. The van der Waals surface area contributed by atoms with Crippen LogP contribution in [0.2, 0.25) is 0 Å². The first-order valence-electron chi connectivity index (χ1n) is 4.69. The average molecular weight is 213 g/mol. The molecule has 76 valence electrons. The molecular formula is C9H13ClN4. The Morgan fingerprint density at radius 3 is 2.50 bits per heavy atom. The van der Waals surface area contributed by atoms with E-state index >= 15 is 0 Å². The normalized spacial score (nSPS) is 33.0. The SMILES string of the molecule is Cl.c1cnc(NC2[C@H]3CNC[C@@H]23)nc1. The van der Waals surface area contributed by atoms with E-state index in [1.54, 1.807) is 12.4 Å². The van der Waals surface area contributed by atoms with E-state index in [1.165, 1.54) is 0 Å². The first kappa shape index (κ1) is 9.68. The second kappa shape index (κ2) is 3.71. The van der Waals surface area contributed by atoms with Gasteiger partial charge in [-0.1, -0.05) is 0 Å². The molecule has 1 aromatic heterocycles. The van der Waals surface area contributed by atoms with Gasteiger partial charge in [0.2, 0.25) is 5.95 Å². The quantitative estimate of drug-likeness (QED) is 0.751. The van der Waals surface area contributed by atoms with Crippen molar-refractivity contribution in [2.45, 2.75) is 6.04 Å². The fraction of sp³-hybridized carbons (Fsp3) is 0.556. The van der Waals surface area contributed by atoms with Crippen LogP contribution in [-0.4, -0.2) is 29.1 Å². The van der Waals surface area contributed by atoms with Crippen LogP contribution in [0.3, 0.4) is 0 Å². The fourth-order valence-corrected chi connectivity index (χ4v) is 2.16. The Bertz CT molecular complexity index is 295. The summed E-state index contributed by atoms with van der Waals surface area (Å²) in [6.07, 6.45) is 3.54. The molecule has 5 heteroatoms. The van der Waals surface area contributed by atoms with Gasteiger partial charge in [-0.05, 0) is 17.9 Å². The van der Waals surface area contributed by atoms with Gasteiger partial charge in [0.25, 0.3) is 0 Å². The number of aromatic nitrogens is 2. The summed E-state index contributed by atoms with van der Waals surface area (Å²) in [6, 6.07) is 2.45. The van der Waals surface area contributed by atoms with E-state index in [0.717, 1.165) is 30.9 Å². The molecule has 2 N–H and O–H groups in total. The summed E-state index contributed by atoms with van der Waals surface area (Å²) in [5, 5.41) is 6.71. The van der Waals surface area contributed by atoms with Crippen molar-refractivity contribution >= 4 is 18.4 Å². The third-order valence-electron chi connectivity index (χ3n) is 2.95. The Labute approximate surface area is 88.9 Å². The maximum absolute atomic E-state index is 4.14. The number of fused-ring (bicyclic) bond motifs is 1. The third-order valence-corrected chi connectivity index (χ3v) is 2.95. The molecule has 0 aromatic carbocycles. The molecule has 1 unspecified atom stereocenters. The molecule has 3 rings (SSSR count). The van der Waals surface area contributed by atoms with Gasteiger partial charge < -0.3 is 10.6 Å². The molecule has 2 heterocycles. The third kappa shape index (κ3) is 1.55. The number of hydrogen-bond donors (Lipinski definition) is 2. The number of nitrogens with zero attached hydrogens (tertiary/aromatic N) is 2. The summed E-state index contributed by atoms with van der Waals surface area (Å²) >= 11 is 0. The van der Waals surface area contributed by atoms with E-state index in [4.69, 9.17) is 0 Å². The highest BCUT2D eigenvalue weighted by Crippen LogP contribution is 2.43. The van der Waals surface area contributed by atoms with E-state index in [9.17, 15) is 0 Å². The summed E-state index contributed by atoms with van der Waals surface area (Å²) in [6.45, 7) is 2.30. The monoisotopic (exact) mass is 212 g/mol. The van der Waals surface area contributed by atoms with E-state index in [-0.39, 0.29) is 12.4 Å². The molecule has 0 spiro atoms. The van der Waals surface area contributed by atoms with Gasteiger partial charge >= 0.3 is 0 Å². The van der Waals surface area contributed by atoms with Crippen molar-refractivity contribution in [3.05, 3.63) is 18.5 Å². The molecule has 0 amide bonds. The van der Waals surface area contributed by atoms with Crippen LogP contribution in [0.15, 0.2) is 18.5 Å². The Morgan fingerprint density at radius 1 is 1.21 bits per heavy atom. The van der Waals surface area contributed by atoms with Crippen molar-refractivity contribution in [3.8, 4) is 0 Å². The van der Waals surface area contributed by atoms with Crippen molar-refractivity contribution in [1.82, 2.24) is 15.3 Å². The van der Waals surface area contributed by atoms with Crippen molar-refractivity contribution in [3.63, 3.8) is 0 Å². The van der Waals surface area contributed by atoms with Crippen LogP contribution < -0.4 is 10.6 Å². The van der Waals surface area contributed by atoms with Crippen LogP contribution >= 0.6 is 12.4 Å². The Balaban J connectivity index is 0.000000750. The molecule has 0 radical (unpaired) electrons. The maximum atomic E-state index is 4.14. The minimum Gasteiger partial charge on any atom is -0.351 e. The van der Waals surface area contributed by atoms with Crippen molar-refractivity contribution < 1.29 is 0 Å². The lowest BCUT2D eigenvalue weighted by Gasteiger charge is -2.05. The van der Waals surface area contributed by atoms with Crippen LogP contribution in [0.25, 0.3) is 0 Å². The average Bonchev–Trinajstić information content (AvgIpc) is 2.65. The van der Waals surface area contributed by atoms with Crippen molar-refractivity contribution in [2.24, 2.45) is 11.8 Å². The lowest BCUT2D eigenvalue weighted by Crippen LogP contribution is -2.22. The molecule has 1 aliphatic heterocycles. The van der Waals surface area contributed by atoms with Gasteiger partial charge in [0.15, 0.2) is 0 Å². The molecule has 1 aromatic rings. The van der Waals surface area contributed by atoms with Crippen LogP contribution in [0.1, 0.15) is 0 Å². The highest BCUT2D eigenvalue weighted by Gasteiger charge is 2.53. The number of rotatable bonds is 2. The summed E-state index contributed by atoms with van der Waals surface area (Å²) in [4.78, 5) is 8.29. The lowest BCUT2D eigenvalue weighted by atomic mass is 10.4. The molecule has 3 atom stereocenters. The zero-order chi connectivity index (χ0) is 8.67. The largest absolute Gasteiger partial charge is 0.351 e. The minimum atomic E-state index is 0. The Kier molecular flexibility index (Phi) is 2.56. The molecule has 14 heavy (non-hydrogen) atoms. The van der Waals surface area contributed by atoms with Gasteiger partial charge in [0, 0.05) is 31.5 Å². The smallest absolute Gasteiger partial charge is 0.222 e. The summed E-state index contributed by atoms with van der Waals surface area (Å²) in [7, 11) is 0. The first-order valence-corrected chi connectivity index (χ1v) is 4.69. The number of hydrogen-bond acceptors (Lipinski definition) is 4.